The molecule has 2 nitrogen and oxygen atoms in total. The molecule has 0 saturated heterocycles. The Hall–Kier alpha value is -0.400. The number of rotatable bonds is 2. The fourth-order valence-corrected chi connectivity index (χ4v) is 8.59. The van der Waals surface area contributed by atoms with Crippen molar-refractivity contribution in [3.05, 3.63) is 0 Å². The van der Waals surface area contributed by atoms with Crippen molar-refractivity contribution < 1.29 is 0 Å². The van der Waals surface area contributed by atoms with Crippen LogP contribution >= 0.6 is 0 Å². The molecule has 0 aromatic carbocycles. The molecule has 0 spiro atoms. The minimum Gasteiger partial charge on any atom is -0.187 e. The zero-order valence-electron chi connectivity index (χ0n) is 13.8. The zero-order chi connectivity index (χ0) is 14.4. The Bertz CT molecular complexity index is 403. The average Bonchev–Trinajstić information content (AvgIpc) is 2.42. The monoisotopic (exact) mass is 298 g/mol. The van der Waals surface area contributed by atoms with Gasteiger partial charge in [0.2, 0.25) is 0 Å². The Morgan fingerprint density at radius 2 is 0.636 bits per heavy atom. The SMILES string of the molecule is C1C2CC3CC1CC(N=NC14CC5CC(CC(C5)C1)C4)(C2)C3. The van der Waals surface area contributed by atoms with E-state index in [0.29, 0.717) is 11.1 Å². The Morgan fingerprint density at radius 3 is 0.864 bits per heavy atom. The molecule has 0 heterocycles. The molecule has 8 rings (SSSR count). The maximum Gasteiger partial charge on any atom is 0.0824 e. The second-order valence-electron chi connectivity index (χ2n) is 10.5. The van der Waals surface area contributed by atoms with Gasteiger partial charge < -0.3 is 0 Å². The first kappa shape index (κ1) is 13.0. The molecule has 0 N–H and O–H groups in total. The molecular weight excluding hydrogens is 268 g/mol. The standard InChI is InChI=1S/C20H30N2/c1-13-2-15-3-14(1)8-19(7-13,9-15)21-22-20-10-16-4-17(11-20)6-18(5-16)12-20/h13-18H,1-12H2. The molecule has 8 aliphatic carbocycles. The Balaban J connectivity index is 1.29. The summed E-state index contributed by atoms with van der Waals surface area (Å²) in [6, 6.07) is 0. The quantitative estimate of drug-likeness (QED) is 0.612. The molecular formula is C20H30N2. The van der Waals surface area contributed by atoms with Crippen molar-refractivity contribution in [1.82, 2.24) is 0 Å². The van der Waals surface area contributed by atoms with Crippen LogP contribution in [0, 0.1) is 35.5 Å². The van der Waals surface area contributed by atoms with Gasteiger partial charge in [0.1, 0.15) is 0 Å². The molecule has 2 heteroatoms. The number of hydrogen-bond donors (Lipinski definition) is 0. The van der Waals surface area contributed by atoms with E-state index in [4.69, 9.17) is 10.2 Å². The van der Waals surface area contributed by atoms with Crippen LogP contribution in [-0.4, -0.2) is 11.1 Å². The lowest BCUT2D eigenvalue weighted by Gasteiger charge is -2.56. The Morgan fingerprint density at radius 1 is 0.409 bits per heavy atom. The largest absolute Gasteiger partial charge is 0.187 e. The van der Waals surface area contributed by atoms with Crippen LogP contribution in [0.25, 0.3) is 0 Å². The lowest BCUT2D eigenvalue weighted by Crippen LogP contribution is -2.51. The van der Waals surface area contributed by atoms with Crippen LogP contribution in [0.4, 0.5) is 0 Å². The van der Waals surface area contributed by atoms with Gasteiger partial charge in [-0.2, -0.15) is 10.2 Å². The summed E-state index contributed by atoms with van der Waals surface area (Å²) in [6.07, 6.45) is 17.4. The number of azo groups is 1. The molecule has 0 radical (unpaired) electrons. The van der Waals surface area contributed by atoms with E-state index in [-0.39, 0.29) is 0 Å². The lowest BCUT2D eigenvalue weighted by molar-refractivity contribution is -0.0204. The smallest absolute Gasteiger partial charge is 0.0824 e. The zero-order valence-corrected chi connectivity index (χ0v) is 13.8. The van der Waals surface area contributed by atoms with Crippen molar-refractivity contribution in [2.24, 2.45) is 45.7 Å². The minimum atomic E-state index is 0.304. The molecule has 0 aromatic heterocycles. The van der Waals surface area contributed by atoms with Crippen LogP contribution in [0.3, 0.4) is 0 Å². The van der Waals surface area contributed by atoms with Gasteiger partial charge in [-0.05, 0) is 113 Å². The first-order valence-electron chi connectivity index (χ1n) is 10.1. The van der Waals surface area contributed by atoms with E-state index in [0.717, 1.165) is 35.5 Å². The van der Waals surface area contributed by atoms with Gasteiger partial charge in [-0.1, -0.05) is 0 Å². The van der Waals surface area contributed by atoms with Crippen LogP contribution < -0.4 is 0 Å². The predicted octanol–water partition coefficient (Wildman–Crippen LogP) is 5.38. The average molecular weight is 298 g/mol. The van der Waals surface area contributed by atoms with Crippen molar-refractivity contribution in [3.8, 4) is 0 Å². The summed E-state index contributed by atoms with van der Waals surface area (Å²) in [4.78, 5) is 0. The van der Waals surface area contributed by atoms with Gasteiger partial charge in [-0.15, -0.1) is 0 Å². The molecule has 0 unspecified atom stereocenters. The van der Waals surface area contributed by atoms with E-state index in [1.807, 2.05) is 0 Å². The van der Waals surface area contributed by atoms with Crippen molar-refractivity contribution in [2.75, 3.05) is 0 Å². The molecule has 8 aliphatic rings. The van der Waals surface area contributed by atoms with E-state index in [1.54, 1.807) is 0 Å². The van der Waals surface area contributed by atoms with Crippen LogP contribution in [0.2, 0.25) is 0 Å². The van der Waals surface area contributed by atoms with E-state index < -0.39 is 0 Å². The second-order valence-corrected chi connectivity index (χ2v) is 10.5. The van der Waals surface area contributed by atoms with Gasteiger partial charge >= 0.3 is 0 Å². The number of hydrogen-bond acceptors (Lipinski definition) is 2. The van der Waals surface area contributed by atoms with Crippen molar-refractivity contribution >= 4 is 0 Å². The summed E-state index contributed by atoms with van der Waals surface area (Å²) in [7, 11) is 0. The third-order valence-corrected chi connectivity index (χ3v) is 8.49. The first-order chi connectivity index (χ1) is 10.7. The highest BCUT2D eigenvalue weighted by atomic mass is 15.2. The lowest BCUT2D eigenvalue weighted by atomic mass is 9.53. The topological polar surface area (TPSA) is 24.7 Å². The summed E-state index contributed by atoms with van der Waals surface area (Å²) < 4.78 is 0. The third kappa shape index (κ3) is 1.85. The second kappa shape index (κ2) is 4.16. The molecule has 8 bridgehead atoms. The highest BCUT2D eigenvalue weighted by Crippen LogP contribution is 2.60. The third-order valence-electron chi connectivity index (χ3n) is 8.49. The Kier molecular flexibility index (Phi) is 2.45. The van der Waals surface area contributed by atoms with E-state index >= 15 is 0 Å². The van der Waals surface area contributed by atoms with Gasteiger partial charge in [0.25, 0.3) is 0 Å². The molecule has 120 valence electrons. The summed E-state index contributed by atoms with van der Waals surface area (Å²) in [5, 5.41) is 10.5. The van der Waals surface area contributed by atoms with E-state index in [9.17, 15) is 0 Å². The van der Waals surface area contributed by atoms with E-state index in [2.05, 4.69) is 0 Å². The summed E-state index contributed by atoms with van der Waals surface area (Å²) in [6.45, 7) is 0. The summed E-state index contributed by atoms with van der Waals surface area (Å²) in [5.74, 6) is 6.01. The maximum absolute atomic E-state index is 5.23. The fourth-order valence-electron chi connectivity index (χ4n) is 8.59. The van der Waals surface area contributed by atoms with Crippen molar-refractivity contribution in [3.63, 3.8) is 0 Å². The van der Waals surface area contributed by atoms with Crippen LogP contribution in [0.15, 0.2) is 10.2 Å². The predicted molar refractivity (Wildman–Crippen MR) is 86.7 cm³/mol. The molecule has 0 aliphatic heterocycles. The van der Waals surface area contributed by atoms with Gasteiger partial charge in [0, 0.05) is 0 Å². The molecule has 8 fully saturated rings. The summed E-state index contributed by atoms with van der Waals surface area (Å²) in [5.41, 5.74) is 0.607. The van der Waals surface area contributed by atoms with E-state index in [1.165, 1.54) is 77.0 Å². The molecule has 22 heavy (non-hydrogen) atoms. The molecule has 0 aromatic rings. The Labute approximate surface area is 134 Å². The van der Waals surface area contributed by atoms with Crippen LogP contribution in [-0.2, 0) is 0 Å². The highest BCUT2D eigenvalue weighted by Gasteiger charge is 2.54. The van der Waals surface area contributed by atoms with Crippen molar-refractivity contribution in [2.45, 2.75) is 88.1 Å². The summed E-state index contributed by atoms with van der Waals surface area (Å²) >= 11 is 0. The molecule has 0 atom stereocenters. The van der Waals surface area contributed by atoms with Gasteiger partial charge in [-0.3, -0.25) is 0 Å². The molecule has 0 amide bonds. The maximum atomic E-state index is 5.23. The minimum absolute atomic E-state index is 0.304. The highest BCUT2D eigenvalue weighted by molar-refractivity contribution is 5.09. The number of nitrogens with zero attached hydrogens (tertiary/aromatic N) is 2. The van der Waals surface area contributed by atoms with Crippen molar-refractivity contribution in [1.29, 1.82) is 0 Å². The van der Waals surface area contributed by atoms with Gasteiger partial charge in [-0.25, -0.2) is 0 Å². The first-order valence-corrected chi connectivity index (χ1v) is 10.1. The fraction of sp³-hybridized carbons (Fsp3) is 1.00. The van der Waals surface area contributed by atoms with Gasteiger partial charge in [0.15, 0.2) is 0 Å². The normalized spacial score (nSPS) is 61.5. The molecule has 8 saturated carbocycles. The van der Waals surface area contributed by atoms with Crippen LogP contribution in [0.5, 0.6) is 0 Å². The van der Waals surface area contributed by atoms with Crippen LogP contribution in [0.1, 0.15) is 77.0 Å². The van der Waals surface area contributed by atoms with Gasteiger partial charge in [0.05, 0.1) is 11.1 Å².